The summed E-state index contributed by atoms with van der Waals surface area (Å²) in [7, 11) is 0. The minimum Gasteiger partial charge on any atom is -0.478 e. The number of benzene rings is 1. The molecular formula is C11H12ClNO. The van der Waals surface area contributed by atoms with Crippen molar-refractivity contribution in [3.8, 4) is 0 Å². The average Bonchev–Trinajstić information content (AvgIpc) is 2.17. The van der Waals surface area contributed by atoms with Gasteiger partial charge in [-0.2, -0.15) is 0 Å². The van der Waals surface area contributed by atoms with Crippen LogP contribution in [0.15, 0.2) is 30.3 Å². The lowest BCUT2D eigenvalue weighted by Crippen LogP contribution is -1.97. The van der Waals surface area contributed by atoms with Crippen LogP contribution >= 0.6 is 11.6 Å². The van der Waals surface area contributed by atoms with E-state index in [0.29, 0.717) is 11.6 Å². The quantitative estimate of drug-likeness (QED) is 0.601. The lowest BCUT2D eigenvalue weighted by atomic mass is 10.2. The highest BCUT2D eigenvalue weighted by Crippen LogP contribution is 2.16. The van der Waals surface area contributed by atoms with E-state index in [0.717, 1.165) is 5.56 Å². The molecule has 2 nitrogen and oxygen atoms in total. The van der Waals surface area contributed by atoms with Crippen LogP contribution in [-0.2, 0) is 4.74 Å². The molecule has 0 atom stereocenters. The molecule has 0 spiro atoms. The highest BCUT2D eigenvalue weighted by Gasteiger charge is 1.94. The number of hydrogen-bond donors (Lipinski definition) is 1. The monoisotopic (exact) mass is 209 g/mol. The van der Waals surface area contributed by atoms with Crippen molar-refractivity contribution in [2.45, 2.75) is 6.92 Å². The molecule has 0 unspecified atom stereocenters. The predicted octanol–water partition coefficient (Wildman–Crippen LogP) is 3.37. The van der Waals surface area contributed by atoms with Crippen LogP contribution in [0.5, 0.6) is 0 Å². The van der Waals surface area contributed by atoms with Crippen LogP contribution in [0, 0.1) is 5.41 Å². The number of rotatable bonds is 3. The van der Waals surface area contributed by atoms with Gasteiger partial charge in [-0.1, -0.05) is 29.8 Å². The normalized spacial score (nSPS) is 10.4. The van der Waals surface area contributed by atoms with Gasteiger partial charge in [-0.25, -0.2) is 0 Å². The van der Waals surface area contributed by atoms with Crippen molar-refractivity contribution in [3.63, 3.8) is 0 Å². The molecule has 0 amide bonds. The van der Waals surface area contributed by atoms with E-state index in [1.54, 1.807) is 12.2 Å². The number of halogens is 1. The first-order valence-electron chi connectivity index (χ1n) is 4.38. The Hall–Kier alpha value is -1.28. The fourth-order valence-electron chi connectivity index (χ4n) is 0.979. The zero-order valence-corrected chi connectivity index (χ0v) is 8.71. The van der Waals surface area contributed by atoms with E-state index in [1.165, 1.54) is 0 Å². The van der Waals surface area contributed by atoms with Crippen LogP contribution in [0.2, 0.25) is 5.02 Å². The third-order valence-corrected chi connectivity index (χ3v) is 1.96. The molecule has 0 aliphatic heterocycles. The van der Waals surface area contributed by atoms with E-state index in [9.17, 15) is 0 Å². The summed E-state index contributed by atoms with van der Waals surface area (Å²) in [5.41, 5.74) is 0.888. The van der Waals surface area contributed by atoms with Gasteiger partial charge in [0.1, 0.15) is 0 Å². The largest absolute Gasteiger partial charge is 0.478 e. The van der Waals surface area contributed by atoms with Gasteiger partial charge in [-0.15, -0.1) is 0 Å². The summed E-state index contributed by atoms with van der Waals surface area (Å²) in [6.07, 6.45) is 3.35. The molecule has 14 heavy (non-hydrogen) atoms. The summed E-state index contributed by atoms with van der Waals surface area (Å²) < 4.78 is 4.96. The summed E-state index contributed by atoms with van der Waals surface area (Å²) in [6, 6.07) is 7.47. The molecule has 1 rings (SSSR count). The van der Waals surface area contributed by atoms with Crippen LogP contribution < -0.4 is 0 Å². The molecule has 0 saturated heterocycles. The molecule has 0 fully saturated rings. The Morgan fingerprint density at radius 3 is 2.86 bits per heavy atom. The van der Waals surface area contributed by atoms with Gasteiger partial charge in [0, 0.05) is 11.1 Å². The van der Waals surface area contributed by atoms with Crippen molar-refractivity contribution in [3.05, 3.63) is 40.9 Å². The maximum atomic E-state index is 7.36. The van der Waals surface area contributed by atoms with Crippen LogP contribution in [0.25, 0.3) is 6.08 Å². The lowest BCUT2D eigenvalue weighted by molar-refractivity contribution is 0.327. The summed E-state index contributed by atoms with van der Waals surface area (Å²) in [5.74, 6) is 0.146. The Balaban J connectivity index is 2.69. The molecule has 0 heterocycles. The second-order valence-electron chi connectivity index (χ2n) is 2.65. The molecule has 0 saturated carbocycles. The summed E-state index contributed by atoms with van der Waals surface area (Å²) in [4.78, 5) is 0. The van der Waals surface area contributed by atoms with Crippen molar-refractivity contribution in [2.24, 2.45) is 0 Å². The minimum absolute atomic E-state index is 0.146. The van der Waals surface area contributed by atoms with E-state index >= 15 is 0 Å². The van der Waals surface area contributed by atoms with Gasteiger partial charge in [0.05, 0.1) is 6.61 Å². The highest BCUT2D eigenvalue weighted by atomic mass is 35.5. The molecule has 0 bridgehead atoms. The topological polar surface area (TPSA) is 33.1 Å². The molecule has 0 aliphatic rings. The van der Waals surface area contributed by atoms with E-state index < -0.39 is 0 Å². The number of nitrogens with one attached hydrogen (secondary N) is 1. The van der Waals surface area contributed by atoms with E-state index in [4.69, 9.17) is 21.7 Å². The summed E-state index contributed by atoms with van der Waals surface area (Å²) in [5, 5.41) is 8.03. The molecule has 1 aromatic rings. The molecule has 0 aliphatic carbocycles. The predicted molar refractivity (Wildman–Crippen MR) is 59.8 cm³/mol. The number of hydrogen-bond acceptors (Lipinski definition) is 2. The van der Waals surface area contributed by atoms with Gasteiger partial charge in [0.15, 0.2) is 0 Å². The van der Waals surface area contributed by atoms with Crippen LogP contribution in [-0.4, -0.2) is 12.5 Å². The van der Waals surface area contributed by atoms with Crippen molar-refractivity contribution < 1.29 is 4.74 Å². The van der Waals surface area contributed by atoms with E-state index in [-0.39, 0.29) is 5.90 Å². The van der Waals surface area contributed by atoms with Gasteiger partial charge in [0.2, 0.25) is 5.90 Å². The van der Waals surface area contributed by atoms with Gasteiger partial charge in [-0.3, -0.25) is 5.41 Å². The fraction of sp³-hybridized carbons (Fsp3) is 0.182. The Labute approximate surface area is 88.7 Å². The smallest absolute Gasteiger partial charge is 0.205 e. The lowest BCUT2D eigenvalue weighted by Gasteiger charge is -1.99. The molecule has 1 N–H and O–H groups in total. The Morgan fingerprint density at radius 1 is 1.50 bits per heavy atom. The minimum atomic E-state index is 0.146. The standard InChI is InChI=1S/C11H12ClNO/c1-2-14-11(13)8-7-9-5-3-4-6-10(9)12/h3-8,13H,2H2,1H3. The van der Waals surface area contributed by atoms with Gasteiger partial charge in [-0.05, 0) is 24.6 Å². The van der Waals surface area contributed by atoms with E-state index in [1.807, 2.05) is 31.2 Å². The van der Waals surface area contributed by atoms with Crippen LogP contribution in [0.3, 0.4) is 0 Å². The third kappa shape index (κ3) is 3.23. The maximum Gasteiger partial charge on any atom is 0.205 e. The second kappa shape index (κ2) is 5.45. The van der Waals surface area contributed by atoms with Crippen molar-refractivity contribution in [1.29, 1.82) is 5.41 Å². The Bertz CT molecular complexity index is 347. The molecule has 3 heteroatoms. The highest BCUT2D eigenvalue weighted by molar-refractivity contribution is 6.32. The van der Waals surface area contributed by atoms with Crippen molar-refractivity contribution in [1.82, 2.24) is 0 Å². The first-order valence-corrected chi connectivity index (χ1v) is 4.75. The van der Waals surface area contributed by atoms with Gasteiger partial charge in [0.25, 0.3) is 0 Å². The van der Waals surface area contributed by atoms with Crippen molar-refractivity contribution in [2.75, 3.05) is 6.61 Å². The molecule has 0 radical (unpaired) electrons. The first-order chi connectivity index (χ1) is 6.74. The zero-order chi connectivity index (χ0) is 10.4. The Kier molecular flexibility index (Phi) is 4.20. The first kappa shape index (κ1) is 10.8. The zero-order valence-electron chi connectivity index (χ0n) is 7.96. The fourth-order valence-corrected chi connectivity index (χ4v) is 1.18. The summed E-state index contributed by atoms with van der Waals surface area (Å²) >= 11 is 5.92. The molecule has 0 aromatic heterocycles. The van der Waals surface area contributed by atoms with Crippen molar-refractivity contribution >= 4 is 23.6 Å². The average molecular weight is 210 g/mol. The Morgan fingerprint density at radius 2 is 2.21 bits per heavy atom. The van der Waals surface area contributed by atoms with Gasteiger partial charge < -0.3 is 4.74 Å². The maximum absolute atomic E-state index is 7.36. The van der Waals surface area contributed by atoms with Crippen LogP contribution in [0.1, 0.15) is 12.5 Å². The third-order valence-electron chi connectivity index (χ3n) is 1.62. The van der Waals surface area contributed by atoms with E-state index in [2.05, 4.69) is 0 Å². The molecule has 1 aromatic carbocycles. The second-order valence-corrected chi connectivity index (χ2v) is 3.06. The SMILES string of the molecule is CCOC(=N)C=Cc1ccccc1Cl. The summed E-state index contributed by atoms with van der Waals surface area (Å²) in [6.45, 7) is 2.35. The van der Waals surface area contributed by atoms with Crippen LogP contribution in [0.4, 0.5) is 0 Å². The number of ether oxygens (including phenoxy) is 1. The van der Waals surface area contributed by atoms with Gasteiger partial charge >= 0.3 is 0 Å². The molecular weight excluding hydrogens is 198 g/mol. The molecule has 74 valence electrons.